The van der Waals surface area contributed by atoms with Crippen molar-refractivity contribution in [1.29, 1.82) is 5.26 Å². The van der Waals surface area contributed by atoms with Crippen LogP contribution >= 0.6 is 0 Å². The predicted molar refractivity (Wildman–Crippen MR) is 41.3 cm³/mol. The molecule has 3 nitrogen and oxygen atoms in total. The first-order chi connectivity index (χ1) is 5.33. The van der Waals surface area contributed by atoms with Crippen LogP contribution in [0.5, 0.6) is 0 Å². The van der Waals surface area contributed by atoms with Gasteiger partial charge < -0.3 is 4.90 Å². The molecule has 0 unspecified atom stereocenters. The molecule has 1 rings (SSSR count). The summed E-state index contributed by atoms with van der Waals surface area (Å²) < 4.78 is 0. The van der Waals surface area contributed by atoms with Gasteiger partial charge >= 0.3 is 0 Å². The maximum atomic E-state index is 8.44. The normalized spacial score (nSPS) is 8.73. The van der Waals surface area contributed by atoms with E-state index in [2.05, 4.69) is 4.98 Å². The molecule has 0 N–H and O–H groups in total. The van der Waals surface area contributed by atoms with Crippen LogP contribution in [0.2, 0.25) is 0 Å². The van der Waals surface area contributed by atoms with E-state index in [0.29, 0.717) is 6.54 Å². The second-order valence-corrected chi connectivity index (χ2v) is 2.28. The molecule has 0 aliphatic carbocycles. The van der Waals surface area contributed by atoms with Crippen LogP contribution in [-0.4, -0.2) is 16.9 Å². The Bertz CT molecular complexity index is 250. The number of pyridine rings is 1. The molecule has 11 heavy (non-hydrogen) atoms. The summed E-state index contributed by atoms with van der Waals surface area (Å²) in [5, 5.41) is 8.44. The van der Waals surface area contributed by atoms with Crippen LogP contribution in [0, 0.1) is 11.5 Å². The SMILES string of the molecule is CN(C#N)Cc1ccccn1. The zero-order valence-corrected chi connectivity index (χ0v) is 6.36. The van der Waals surface area contributed by atoms with Gasteiger partial charge in [0.05, 0.1) is 12.2 Å². The van der Waals surface area contributed by atoms with Crippen molar-refractivity contribution in [2.75, 3.05) is 7.05 Å². The summed E-state index contributed by atoms with van der Waals surface area (Å²) in [5.74, 6) is 0. The van der Waals surface area contributed by atoms with Crippen LogP contribution < -0.4 is 0 Å². The van der Waals surface area contributed by atoms with Gasteiger partial charge in [-0.05, 0) is 12.1 Å². The van der Waals surface area contributed by atoms with Crippen molar-refractivity contribution < 1.29 is 0 Å². The van der Waals surface area contributed by atoms with E-state index in [1.165, 1.54) is 4.90 Å². The fraction of sp³-hybridized carbons (Fsp3) is 0.250. The number of nitrogens with zero attached hydrogens (tertiary/aromatic N) is 3. The molecule has 0 amide bonds. The fourth-order valence-corrected chi connectivity index (χ4v) is 0.770. The van der Waals surface area contributed by atoms with E-state index in [0.717, 1.165) is 5.69 Å². The van der Waals surface area contributed by atoms with Crippen molar-refractivity contribution >= 4 is 0 Å². The topological polar surface area (TPSA) is 39.9 Å². The molecule has 1 aromatic rings. The number of hydrogen-bond donors (Lipinski definition) is 0. The van der Waals surface area contributed by atoms with Gasteiger partial charge in [-0.1, -0.05) is 6.07 Å². The third-order valence-electron chi connectivity index (χ3n) is 1.30. The van der Waals surface area contributed by atoms with Gasteiger partial charge in [0.15, 0.2) is 6.19 Å². The summed E-state index contributed by atoms with van der Waals surface area (Å²) in [6.07, 6.45) is 3.73. The third kappa shape index (κ3) is 2.26. The van der Waals surface area contributed by atoms with Crippen LogP contribution in [0.15, 0.2) is 24.4 Å². The Labute approximate surface area is 65.9 Å². The third-order valence-corrected chi connectivity index (χ3v) is 1.30. The highest BCUT2D eigenvalue weighted by molar-refractivity contribution is 5.03. The molecule has 56 valence electrons. The lowest BCUT2D eigenvalue weighted by Gasteiger charge is -2.06. The second kappa shape index (κ2) is 3.57. The fourth-order valence-electron chi connectivity index (χ4n) is 0.770. The lowest BCUT2D eigenvalue weighted by molar-refractivity contribution is 0.462. The van der Waals surface area contributed by atoms with Crippen LogP contribution in [0.3, 0.4) is 0 Å². The van der Waals surface area contributed by atoms with Gasteiger partial charge in [-0.15, -0.1) is 0 Å². The number of rotatable bonds is 2. The first kappa shape index (κ1) is 7.55. The van der Waals surface area contributed by atoms with Crippen LogP contribution in [0.25, 0.3) is 0 Å². The van der Waals surface area contributed by atoms with Crippen molar-refractivity contribution in [2.45, 2.75) is 6.54 Å². The zero-order chi connectivity index (χ0) is 8.10. The molecule has 0 saturated carbocycles. The van der Waals surface area contributed by atoms with Gasteiger partial charge in [0, 0.05) is 13.2 Å². The first-order valence-electron chi connectivity index (χ1n) is 3.33. The van der Waals surface area contributed by atoms with Gasteiger partial charge in [-0.25, -0.2) is 0 Å². The van der Waals surface area contributed by atoms with E-state index in [-0.39, 0.29) is 0 Å². The minimum Gasteiger partial charge on any atom is -0.308 e. The minimum atomic E-state index is 0.581. The molecule has 0 saturated heterocycles. The standard InChI is InChI=1S/C8H9N3/c1-11(7-9)6-8-4-2-3-5-10-8/h2-5H,6H2,1H3. The predicted octanol–water partition coefficient (Wildman–Crippen LogP) is 0.994. The average molecular weight is 147 g/mol. The lowest BCUT2D eigenvalue weighted by atomic mass is 10.3. The van der Waals surface area contributed by atoms with Crippen molar-refractivity contribution in [3.63, 3.8) is 0 Å². The van der Waals surface area contributed by atoms with E-state index in [9.17, 15) is 0 Å². The van der Waals surface area contributed by atoms with Gasteiger partial charge in [-0.2, -0.15) is 5.26 Å². The zero-order valence-electron chi connectivity index (χ0n) is 6.36. The number of hydrogen-bond acceptors (Lipinski definition) is 3. The molecule has 0 fully saturated rings. The van der Waals surface area contributed by atoms with E-state index < -0.39 is 0 Å². The molecule has 0 radical (unpaired) electrons. The molecule has 0 bridgehead atoms. The highest BCUT2D eigenvalue weighted by atomic mass is 15.1. The molecule has 0 spiro atoms. The molecule has 1 heterocycles. The van der Waals surface area contributed by atoms with Gasteiger partial charge in [-0.3, -0.25) is 4.98 Å². The quantitative estimate of drug-likeness (QED) is 0.462. The highest BCUT2D eigenvalue weighted by Crippen LogP contribution is 1.96. The van der Waals surface area contributed by atoms with Gasteiger partial charge in [0.1, 0.15) is 0 Å². The monoisotopic (exact) mass is 147 g/mol. The minimum absolute atomic E-state index is 0.581. The van der Waals surface area contributed by atoms with Crippen LogP contribution in [-0.2, 0) is 6.54 Å². The van der Waals surface area contributed by atoms with Crippen LogP contribution in [0.1, 0.15) is 5.69 Å². The van der Waals surface area contributed by atoms with Gasteiger partial charge in [0.25, 0.3) is 0 Å². The Morgan fingerprint density at radius 1 is 1.64 bits per heavy atom. The first-order valence-corrected chi connectivity index (χ1v) is 3.33. The molecular weight excluding hydrogens is 138 g/mol. The van der Waals surface area contributed by atoms with E-state index >= 15 is 0 Å². The van der Waals surface area contributed by atoms with E-state index in [4.69, 9.17) is 5.26 Å². The Morgan fingerprint density at radius 3 is 3.00 bits per heavy atom. The van der Waals surface area contributed by atoms with Crippen molar-refractivity contribution in [3.8, 4) is 6.19 Å². The maximum absolute atomic E-state index is 8.44. The average Bonchev–Trinajstić information content (AvgIpc) is 2.06. The summed E-state index contributed by atoms with van der Waals surface area (Å²) in [4.78, 5) is 5.60. The molecule has 0 atom stereocenters. The Kier molecular flexibility index (Phi) is 2.45. The Morgan fingerprint density at radius 2 is 2.45 bits per heavy atom. The Balaban J connectivity index is 2.60. The van der Waals surface area contributed by atoms with Crippen molar-refractivity contribution in [2.24, 2.45) is 0 Å². The smallest absolute Gasteiger partial charge is 0.179 e. The number of aromatic nitrogens is 1. The highest BCUT2D eigenvalue weighted by Gasteiger charge is 1.95. The second-order valence-electron chi connectivity index (χ2n) is 2.28. The molecule has 0 aliphatic heterocycles. The summed E-state index contributed by atoms with van der Waals surface area (Å²) in [6, 6.07) is 5.66. The Hall–Kier alpha value is -1.56. The molecular formula is C8H9N3. The van der Waals surface area contributed by atoms with E-state index in [1.807, 2.05) is 24.4 Å². The van der Waals surface area contributed by atoms with E-state index in [1.54, 1.807) is 13.2 Å². The lowest BCUT2D eigenvalue weighted by Crippen LogP contribution is -2.10. The van der Waals surface area contributed by atoms with Crippen LogP contribution in [0.4, 0.5) is 0 Å². The summed E-state index contributed by atoms with van der Waals surface area (Å²) in [5.41, 5.74) is 0.913. The summed E-state index contributed by atoms with van der Waals surface area (Å²) >= 11 is 0. The molecule has 1 aromatic heterocycles. The largest absolute Gasteiger partial charge is 0.308 e. The summed E-state index contributed by atoms with van der Waals surface area (Å²) in [7, 11) is 1.73. The van der Waals surface area contributed by atoms with Crippen molar-refractivity contribution in [3.05, 3.63) is 30.1 Å². The molecule has 0 aromatic carbocycles. The maximum Gasteiger partial charge on any atom is 0.179 e. The molecule has 3 heteroatoms. The van der Waals surface area contributed by atoms with Crippen molar-refractivity contribution in [1.82, 2.24) is 9.88 Å². The number of nitriles is 1. The molecule has 0 aliphatic rings. The summed E-state index contributed by atoms with van der Waals surface area (Å²) in [6.45, 7) is 0.581. The van der Waals surface area contributed by atoms with Gasteiger partial charge in [0.2, 0.25) is 0 Å².